The Morgan fingerprint density at radius 2 is 1.91 bits per heavy atom. The number of rotatable bonds is 4. The summed E-state index contributed by atoms with van der Waals surface area (Å²) >= 11 is 1.30. The molecule has 0 aromatic carbocycles. The second-order valence-electron chi connectivity index (χ2n) is 9.78. The average Bonchev–Trinajstić information content (AvgIpc) is 3.35. The molecule has 2 amide bonds. The number of nitrogens with zero attached hydrogens (tertiary/aromatic N) is 3. The van der Waals surface area contributed by atoms with Crippen molar-refractivity contribution in [3.05, 3.63) is 34.5 Å². The number of aromatic nitrogens is 3. The smallest absolute Gasteiger partial charge is 0.264 e. The summed E-state index contributed by atoms with van der Waals surface area (Å²) in [7, 11) is -3.07. The predicted molar refractivity (Wildman–Crippen MR) is 133 cm³/mol. The van der Waals surface area contributed by atoms with Crippen LogP contribution >= 0.6 is 11.3 Å². The maximum absolute atomic E-state index is 13.0. The number of sulfone groups is 1. The molecule has 4 rings (SSSR count). The maximum Gasteiger partial charge on any atom is 0.264 e. The highest BCUT2D eigenvalue weighted by molar-refractivity contribution is 7.91. The van der Waals surface area contributed by atoms with Crippen LogP contribution in [0.5, 0.6) is 0 Å². The van der Waals surface area contributed by atoms with E-state index < -0.39 is 9.84 Å². The fourth-order valence-corrected chi connectivity index (χ4v) is 5.85. The van der Waals surface area contributed by atoms with E-state index >= 15 is 0 Å². The SMILES string of the molecule is Cc1cc(-c2cnc3[nH]cc(C(=O)NC(C)C(C)(C)C)c3n2)sc1C(=O)N1CCS(=O)(=O)CC1. The Kier molecular flexibility index (Phi) is 6.28. The molecular weight excluding hydrogens is 474 g/mol. The van der Waals surface area contributed by atoms with E-state index in [9.17, 15) is 18.0 Å². The Balaban J connectivity index is 1.60. The highest BCUT2D eigenvalue weighted by Gasteiger charge is 2.28. The lowest BCUT2D eigenvalue weighted by Gasteiger charge is -2.27. The molecule has 3 aromatic heterocycles. The van der Waals surface area contributed by atoms with Gasteiger partial charge in [0, 0.05) is 25.3 Å². The molecular formula is C23H29N5O4S2. The molecule has 1 aliphatic heterocycles. The normalized spacial score (nSPS) is 17.0. The van der Waals surface area contributed by atoms with E-state index in [0.717, 1.165) is 10.4 Å². The standard InChI is InChI=1S/C23H29N5O4S2/c1-13-10-17(33-19(13)22(30)28-6-8-34(31,32)9-7-28)16-12-25-20-18(27-16)15(11-24-20)21(29)26-14(2)23(3,4)5/h10-12,14H,6-9H2,1-5H3,(H,24,25)(H,26,29). The summed E-state index contributed by atoms with van der Waals surface area (Å²) < 4.78 is 23.4. The van der Waals surface area contributed by atoms with Crippen molar-refractivity contribution in [3.63, 3.8) is 0 Å². The van der Waals surface area contributed by atoms with Gasteiger partial charge in [0.1, 0.15) is 5.52 Å². The number of aryl methyl sites for hydroxylation is 1. The number of thiophene rings is 1. The van der Waals surface area contributed by atoms with Gasteiger partial charge in [0.25, 0.3) is 11.8 Å². The number of hydrogen-bond acceptors (Lipinski definition) is 7. The third kappa shape index (κ3) is 4.85. The van der Waals surface area contributed by atoms with Gasteiger partial charge in [-0.05, 0) is 30.9 Å². The molecule has 1 atom stereocenters. The third-order valence-electron chi connectivity index (χ3n) is 6.27. The van der Waals surface area contributed by atoms with Gasteiger partial charge in [-0.3, -0.25) is 9.59 Å². The van der Waals surface area contributed by atoms with E-state index in [-0.39, 0.29) is 47.9 Å². The van der Waals surface area contributed by atoms with Gasteiger partial charge in [0.05, 0.1) is 38.7 Å². The van der Waals surface area contributed by atoms with Crippen LogP contribution in [-0.2, 0) is 9.84 Å². The zero-order valence-electron chi connectivity index (χ0n) is 19.9. The van der Waals surface area contributed by atoms with Gasteiger partial charge in [0.2, 0.25) is 0 Å². The number of fused-ring (bicyclic) bond motifs is 1. The minimum Gasteiger partial charge on any atom is -0.349 e. The zero-order chi connectivity index (χ0) is 24.8. The van der Waals surface area contributed by atoms with Crippen molar-refractivity contribution < 1.29 is 18.0 Å². The first-order valence-electron chi connectivity index (χ1n) is 11.1. The Morgan fingerprint density at radius 1 is 1.24 bits per heavy atom. The predicted octanol–water partition coefficient (Wildman–Crippen LogP) is 3.03. The molecule has 2 N–H and O–H groups in total. The van der Waals surface area contributed by atoms with E-state index in [0.29, 0.717) is 27.3 Å². The van der Waals surface area contributed by atoms with Crippen molar-refractivity contribution >= 4 is 44.2 Å². The van der Waals surface area contributed by atoms with Crippen molar-refractivity contribution in [1.82, 2.24) is 25.2 Å². The fourth-order valence-electron chi connectivity index (χ4n) is 3.55. The second-order valence-corrected chi connectivity index (χ2v) is 13.1. The van der Waals surface area contributed by atoms with Crippen molar-refractivity contribution in [2.45, 2.75) is 40.7 Å². The Bertz CT molecular complexity index is 1350. The van der Waals surface area contributed by atoms with Crippen LogP contribution in [0.15, 0.2) is 18.5 Å². The first-order valence-corrected chi connectivity index (χ1v) is 13.7. The topological polar surface area (TPSA) is 125 Å². The summed E-state index contributed by atoms with van der Waals surface area (Å²) in [5.74, 6) is -0.414. The monoisotopic (exact) mass is 503 g/mol. The molecule has 0 radical (unpaired) electrons. The summed E-state index contributed by atoms with van der Waals surface area (Å²) in [5.41, 5.74) is 2.67. The lowest BCUT2D eigenvalue weighted by atomic mass is 9.88. The number of carbonyl (C=O) groups is 2. The van der Waals surface area contributed by atoms with Crippen LogP contribution in [0, 0.1) is 12.3 Å². The van der Waals surface area contributed by atoms with Crippen LogP contribution in [0.1, 0.15) is 53.3 Å². The molecule has 0 bridgehead atoms. The maximum atomic E-state index is 13.0. The van der Waals surface area contributed by atoms with Gasteiger partial charge in [-0.15, -0.1) is 11.3 Å². The number of amides is 2. The molecule has 11 heteroatoms. The number of carbonyl (C=O) groups excluding carboxylic acids is 2. The van der Waals surface area contributed by atoms with Crippen LogP contribution in [-0.4, -0.2) is 70.7 Å². The van der Waals surface area contributed by atoms with Gasteiger partial charge in [-0.1, -0.05) is 20.8 Å². The molecule has 9 nitrogen and oxygen atoms in total. The number of hydrogen-bond donors (Lipinski definition) is 2. The zero-order valence-corrected chi connectivity index (χ0v) is 21.6. The Morgan fingerprint density at radius 3 is 2.56 bits per heavy atom. The molecule has 1 unspecified atom stereocenters. The lowest BCUT2D eigenvalue weighted by molar-refractivity contribution is 0.0774. The minimum absolute atomic E-state index is 0.00960. The molecule has 1 fully saturated rings. The van der Waals surface area contributed by atoms with Crippen molar-refractivity contribution in [1.29, 1.82) is 0 Å². The molecule has 1 aliphatic rings. The number of aromatic amines is 1. The van der Waals surface area contributed by atoms with Gasteiger partial charge in [-0.2, -0.15) is 0 Å². The largest absolute Gasteiger partial charge is 0.349 e. The van der Waals surface area contributed by atoms with Gasteiger partial charge in [0.15, 0.2) is 15.5 Å². The summed E-state index contributed by atoms with van der Waals surface area (Å²) in [6, 6.07) is 1.84. The summed E-state index contributed by atoms with van der Waals surface area (Å²) in [5, 5.41) is 3.03. The molecule has 0 aliphatic carbocycles. The minimum atomic E-state index is -3.07. The van der Waals surface area contributed by atoms with Crippen LogP contribution in [0.4, 0.5) is 0 Å². The second kappa shape index (κ2) is 8.77. The van der Waals surface area contributed by atoms with E-state index in [2.05, 4.69) is 36.1 Å². The Hall–Kier alpha value is -2.79. The molecule has 34 heavy (non-hydrogen) atoms. The summed E-state index contributed by atoms with van der Waals surface area (Å²) in [6.45, 7) is 10.4. The number of nitrogens with one attached hydrogen (secondary N) is 2. The average molecular weight is 504 g/mol. The highest BCUT2D eigenvalue weighted by Crippen LogP contribution is 2.32. The first-order chi connectivity index (χ1) is 15.9. The van der Waals surface area contributed by atoms with Gasteiger partial charge in [-0.25, -0.2) is 18.4 Å². The van der Waals surface area contributed by atoms with E-state index in [4.69, 9.17) is 4.98 Å². The van der Waals surface area contributed by atoms with Gasteiger partial charge >= 0.3 is 0 Å². The van der Waals surface area contributed by atoms with Crippen LogP contribution in [0.25, 0.3) is 21.7 Å². The molecule has 1 saturated heterocycles. The molecule has 0 spiro atoms. The highest BCUT2D eigenvalue weighted by atomic mass is 32.2. The molecule has 4 heterocycles. The van der Waals surface area contributed by atoms with Crippen LogP contribution < -0.4 is 5.32 Å². The van der Waals surface area contributed by atoms with E-state index in [1.807, 2.05) is 19.9 Å². The van der Waals surface area contributed by atoms with Crippen LogP contribution in [0.2, 0.25) is 0 Å². The van der Waals surface area contributed by atoms with E-state index in [1.54, 1.807) is 17.3 Å². The summed E-state index contributed by atoms with van der Waals surface area (Å²) in [4.78, 5) is 41.0. The molecule has 0 saturated carbocycles. The quantitative estimate of drug-likeness (QED) is 0.564. The summed E-state index contributed by atoms with van der Waals surface area (Å²) in [6.07, 6.45) is 3.23. The van der Waals surface area contributed by atoms with E-state index in [1.165, 1.54) is 11.3 Å². The Labute approximate surface area is 202 Å². The van der Waals surface area contributed by atoms with Crippen molar-refractivity contribution in [2.75, 3.05) is 24.6 Å². The van der Waals surface area contributed by atoms with Crippen LogP contribution in [0.3, 0.4) is 0 Å². The molecule has 3 aromatic rings. The third-order valence-corrected chi connectivity index (χ3v) is 9.12. The lowest BCUT2D eigenvalue weighted by Crippen LogP contribution is -2.43. The van der Waals surface area contributed by atoms with Crippen molar-refractivity contribution in [2.24, 2.45) is 5.41 Å². The fraction of sp³-hybridized carbons (Fsp3) is 0.478. The van der Waals surface area contributed by atoms with Crippen molar-refractivity contribution in [3.8, 4) is 10.6 Å². The first kappa shape index (κ1) is 24.3. The molecule has 182 valence electrons. The number of H-pyrrole nitrogens is 1. The van der Waals surface area contributed by atoms with Gasteiger partial charge < -0.3 is 15.2 Å².